The highest BCUT2D eigenvalue weighted by Crippen LogP contribution is 2.35. The molecule has 1 unspecified atom stereocenters. The second-order valence-electron chi connectivity index (χ2n) is 5.07. The van der Waals surface area contributed by atoms with E-state index >= 15 is 0 Å². The molecule has 0 N–H and O–H groups in total. The van der Waals surface area contributed by atoms with Crippen LogP contribution in [-0.2, 0) is 9.53 Å². The Morgan fingerprint density at radius 1 is 1.24 bits per heavy atom. The third-order valence-electron chi connectivity index (χ3n) is 3.46. The summed E-state index contributed by atoms with van der Waals surface area (Å²) in [6.45, 7) is 4.19. The highest BCUT2D eigenvalue weighted by Gasteiger charge is 2.19. The first-order valence-corrected chi connectivity index (χ1v) is 6.84. The maximum atomic E-state index is 11.3. The third-order valence-corrected chi connectivity index (χ3v) is 3.46. The number of methoxy groups -OCH3 is 2. The molecule has 5 heteroatoms. The minimum Gasteiger partial charge on any atom is -0.493 e. The highest BCUT2D eigenvalue weighted by atomic mass is 16.5. The molecule has 0 aromatic heterocycles. The molecule has 1 atom stereocenters. The lowest BCUT2D eigenvalue weighted by molar-refractivity contribution is -0.137. The van der Waals surface area contributed by atoms with E-state index in [0.717, 1.165) is 5.56 Å². The van der Waals surface area contributed by atoms with E-state index in [2.05, 4.69) is 18.6 Å². The molecule has 1 aromatic carbocycles. The number of benzene rings is 1. The van der Waals surface area contributed by atoms with Crippen LogP contribution in [0.15, 0.2) is 18.2 Å². The van der Waals surface area contributed by atoms with Gasteiger partial charge >= 0.3 is 5.97 Å². The first-order chi connectivity index (χ1) is 10.0. The normalized spacial score (nSPS) is 11.6. The quantitative estimate of drug-likeness (QED) is 0.570. The molecule has 0 aliphatic carbocycles. The Morgan fingerprint density at radius 2 is 1.90 bits per heavy atom. The number of nitriles is 1. The predicted molar refractivity (Wildman–Crippen MR) is 78.1 cm³/mol. The Kier molecular flexibility index (Phi) is 6.54. The van der Waals surface area contributed by atoms with Crippen molar-refractivity contribution in [2.45, 2.75) is 32.6 Å². The summed E-state index contributed by atoms with van der Waals surface area (Å²) in [5.41, 5.74) is 1.08. The van der Waals surface area contributed by atoms with Gasteiger partial charge < -0.3 is 14.2 Å². The van der Waals surface area contributed by atoms with Crippen LogP contribution in [0.1, 0.15) is 38.2 Å². The van der Waals surface area contributed by atoms with Crippen LogP contribution in [0.25, 0.3) is 0 Å². The molecule has 0 saturated carbocycles. The molecule has 1 rings (SSSR count). The van der Waals surface area contributed by atoms with E-state index < -0.39 is 5.97 Å². The lowest BCUT2D eigenvalue weighted by atomic mass is 9.84. The monoisotopic (exact) mass is 291 g/mol. The smallest absolute Gasteiger partial charge is 0.321 e. The Morgan fingerprint density at radius 3 is 2.43 bits per heavy atom. The zero-order valence-corrected chi connectivity index (χ0v) is 12.9. The topological polar surface area (TPSA) is 68.5 Å². The minimum absolute atomic E-state index is 0.177. The van der Waals surface area contributed by atoms with Gasteiger partial charge in [0.05, 0.1) is 14.2 Å². The molecule has 0 bridgehead atoms. The second-order valence-corrected chi connectivity index (χ2v) is 5.07. The average molecular weight is 291 g/mol. The Hall–Kier alpha value is -2.22. The predicted octanol–water partition coefficient (Wildman–Crippen LogP) is 3.25. The third kappa shape index (κ3) is 4.67. The zero-order chi connectivity index (χ0) is 15.8. The fraction of sp³-hybridized carbons (Fsp3) is 0.500. The number of carbonyl (C=O) groups excluding carboxylic acids is 1. The number of hydrogen-bond acceptors (Lipinski definition) is 5. The minimum atomic E-state index is -0.497. The van der Waals surface area contributed by atoms with Gasteiger partial charge in [-0.05, 0) is 36.0 Å². The van der Waals surface area contributed by atoms with Crippen LogP contribution in [0.5, 0.6) is 11.5 Å². The molecule has 0 radical (unpaired) electrons. The number of ether oxygens (including phenoxy) is 3. The van der Waals surface area contributed by atoms with Gasteiger partial charge in [0, 0.05) is 6.42 Å². The first kappa shape index (κ1) is 16.8. The van der Waals surface area contributed by atoms with Gasteiger partial charge in [-0.1, -0.05) is 19.9 Å². The molecule has 0 amide bonds. The lowest BCUT2D eigenvalue weighted by Crippen LogP contribution is -2.10. The van der Waals surface area contributed by atoms with E-state index in [-0.39, 0.29) is 12.3 Å². The van der Waals surface area contributed by atoms with Crippen LogP contribution < -0.4 is 9.47 Å². The van der Waals surface area contributed by atoms with E-state index in [1.807, 2.05) is 18.2 Å². The summed E-state index contributed by atoms with van der Waals surface area (Å²) >= 11 is 0. The van der Waals surface area contributed by atoms with E-state index in [9.17, 15) is 4.79 Å². The number of hydrogen-bond donors (Lipinski definition) is 0. The van der Waals surface area contributed by atoms with Crippen molar-refractivity contribution in [3.05, 3.63) is 23.8 Å². The molecular weight excluding hydrogens is 270 g/mol. The van der Waals surface area contributed by atoms with Crippen molar-refractivity contribution >= 4 is 5.97 Å². The van der Waals surface area contributed by atoms with Gasteiger partial charge in [-0.15, -0.1) is 5.26 Å². The maximum Gasteiger partial charge on any atom is 0.321 e. The van der Waals surface area contributed by atoms with Crippen LogP contribution in [-0.4, -0.2) is 20.2 Å². The van der Waals surface area contributed by atoms with E-state index in [1.165, 1.54) is 6.26 Å². The summed E-state index contributed by atoms with van der Waals surface area (Å²) in [7, 11) is 3.19. The van der Waals surface area contributed by atoms with Crippen molar-refractivity contribution in [1.29, 1.82) is 5.26 Å². The van der Waals surface area contributed by atoms with Gasteiger partial charge in [0.1, 0.15) is 0 Å². The van der Waals surface area contributed by atoms with Crippen LogP contribution in [0.4, 0.5) is 0 Å². The largest absolute Gasteiger partial charge is 0.493 e. The van der Waals surface area contributed by atoms with Crippen molar-refractivity contribution in [1.82, 2.24) is 0 Å². The molecule has 114 valence electrons. The van der Waals surface area contributed by atoms with E-state index in [4.69, 9.17) is 14.7 Å². The van der Waals surface area contributed by atoms with Crippen LogP contribution >= 0.6 is 0 Å². The summed E-state index contributed by atoms with van der Waals surface area (Å²) < 4.78 is 14.8. The Bertz CT molecular complexity index is 519. The zero-order valence-electron chi connectivity index (χ0n) is 12.9. The molecule has 0 fully saturated rings. The molecular formula is C16H21NO4. The van der Waals surface area contributed by atoms with Gasteiger partial charge in [-0.3, -0.25) is 4.79 Å². The summed E-state index contributed by atoms with van der Waals surface area (Å²) in [6.07, 6.45) is 2.24. The average Bonchev–Trinajstić information content (AvgIpc) is 2.47. The summed E-state index contributed by atoms with van der Waals surface area (Å²) in [5, 5.41) is 8.33. The number of nitrogens with zero attached hydrogens (tertiary/aromatic N) is 1. The SMILES string of the molecule is COc1ccc(C(CCC(=O)OC#N)C(C)C)cc1OC. The second kappa shape index (κ2) is 8.15. The number of carbonyl (C=O) groups is 1. The van der Waals surface area contributed by atoms with Crippen molar-refractivity contribution in [3.8, 4) is 17.8 Å². The van der Waals surface area contributed by atoms with Crippen LogP contribution in [0.2, 0.25) is 0 Å². The van der Waals surface area contributed by atoms with Crippen molar-refractivity contribution < 1.29 is 19.0 Å². The van der Waals surface area contributed by atoms with Crippen LogP contribution in [0, 0.1) is 17.4 Å². The van der Waals surface area contributed by atoms with Crippen LogP contribution in [0.3, 0.4) is 0 Å². The van der Waals surface area contributed by atoms with Crippen molar-refractivity contribution in [2.75, 3.05) is 14.2 Å². The van der Waals surface area contributed by atoms with Gasteiger partial charge in [-0.2, -0.15) is 0 Å². The van der Waals surface area contributed by atoms with E-state index in [0.29, 0.717) is 23.8 Å². The fourth-order valence-corrected chi connectivity index (χ4v) is 2.34. The van der Waals surface area contributed by atoms with E-state index in [1.54, 1.807) is 14.2 Å². The molecule has 1 aromatic rings. The van der Waals surface area contributed by atoms with Gasteiger partial charge in [-0.25, -0.2) is 0 Å². The van der Waals surface area contributed by atoms with Gasteiger partial charge in [0.2, 0.25) is 0 Å². The summed E-state index contributed by atoms with van der Waals surface area (Å²) in [4.78, 5) is 11.3. The molecule has 0 heterocycles. The lowest BCUT2D eigenvalue weighted by Gasteiger charge is -2.22. The standard InChI is InChI=1S/C16H21NO4/c1-11(2)13(6-8-16(18)21-10-17)12-5-7-14(19-3)15(9-12)20-4/h5,7,9,11,13H,6,8H2,1-4H3. The summed E-state index contributed by atoms with van der Waals surface area (Å²) in [5.74, 6) is 1.37. The molecule has 0 spiro atoms. The molecule has 5 nitrogen and oxygen atoms in total. The number of esters is 1. The summed E-state index contributed by atoms with van der Waals surface area (Å²) in [6, 6.07) is 5.76. The van der Waals surface area contributed by atoms with Crippen molar-refractivity contribution in [2.24, 2.45) is 5.92 Å². The van der Waals surface area contributed by atoms with Crippen molar-refractivity contribution in [3.63, 3.8) is 0 Å². The van der Waals surface area contributed by atoms with Gasteiger partial charge in [0.25, 0.3) is 6.26 Å². The van der Waals surface area contributed by atoms with Gasteiger partial charge in [0.15, 0.2) is 11.5 Å². The molecule has 21 heavy (non-hydrogen) atoms. The molecule has 0 aliphatic heterocycles. The Labute approximate surface area is 125 Å². The molecule has 0 saturated heterocycles. The fourth-order valence-electron chi connectivity index (χ4n) is 2.34. The molecule has 0 aliphatic rings. The highest BCUT2D eigenvalue weighted by molar-refractivity contribution is 5.70. The Balaban J connectivity index is 2.91. The maximum absolute atomic E-state index is 11.3. The first-order valence-electron chi connectivity index (χ1n) is 6.84. The number of rotatable bonds is 7.